The van der Waals surface area contributed by atoms with Gasteiger partial charge in [-0.2, -0.15) is 0 Å². The van der Waals surface area contributed by atoms with Crippen LogP contribution in [0.2, 0.25) is 0 Å². The lowest BCUT2D eigenvalue weighted by Crippen LogP contribution is -2.30. The van der Waals surface area contributed by atoms with Crippen LogP contribution >= 0.6 is 0 Å². The Morgan fingerprint density at radius 3 is 2.81 bits per heavy atom. The van der Waals surface area contributed by atoms with Crippen molar-refractivity contribution >= 4 is 25.5 Å². The minimum Gasteiger partial charge on any atom is -0.312 e. The molecular weight excluding hydrogens is 312 g/mol. The summed E-state index contributed by atoms with van der Waals surface area (Å²) < 4.78 is 50.3. The highest BCUT2D eigenvalue weighted by Gasteiger charge is 2.37. The zero-order valence-corrected chi connectivity index (χ0v) is 13.1. The molecule has 1 saturated heterocycles. The van der Waals surface area contributed by atoms with Crippen molar-refractivity contribution in [3.05, 3.63) is 29.3 Å². The maximum atomic E-state index is 12.4. The van der Waals surface area contributed by atoms with Crippen LogP contribution in [-0.4, -0.2) is 40.1 Å². The standard InChI is InChI=1S/C13H18N2O4S2/c16-20(17)7-5-11(9-20)21(18,19)15-13-3-1-2-10-8-14-6-4-12(10)13/h1-3,11,14-15H,4-9H2. The van der Waals surface area contributed by atoms with Crippen molar-refractivity contribution in [2.75, 3.05) is 22.8 Å². The molecular formula is C13H18N2O4S2. The predicted octanol–water partition coefficient (Wildman–Crippen LogP) is 0.261. The van der Waals surface area contributed by atoms with Gasteiger partial charge in [0.1, 0.15) is 0 Å². The van der Waals surface area contributed by atoms with Gasteiger partial charge in [0.05, 0.1) is 22.4 Å². The number of sulfone groups is 1. The molecule has 1 unspecified atom stereocenters. The van der Waals surface area contributed by atoms with E-state index in [1.54, 1.807) is 6.07 Å². The van der Waals surface area contributed by atoms with E-state index >= 15 is 0 Å². The van der Waals surface area contributed by atoms with Crippen LogP contribution < -0.4 is 10.0 Å². The average Bonchev–Trinajstić information content (AvgIpc) is 2.80. The second kappa shape index (κ2) is 5.26. The monoisotopic (exact) mass is 330 g/mol. The normalized spacial score (nSPS) is 24.5. The summed E-state index contributed by atoms with van der Waals surface area (Å²) in [6.07, 6.45) is 0.936. The summed E-state index contributed by atoms with van der Waals surface area (Å²) in [7, 11) is -6.88. The van der Waals surface area contributed by atoms with E-state index in [0.29, 0.717) is 5.69 Å². The Balaban J connectivity index is 1.87. The van der Waals surface area contributed by atoms with Crippen LogP contribution in [0.1, 0.15) is 17.5 Å². The first kappa shape index (κ1) is 14.8. The van der Waals surface area contributed by atoms with Crippen LogP contribution in [0.25, 0.3) is 0 Å². The number of anilines is 1. The van der Waals surface area contributed by atoms with Gasteiger partial charge in [-0.25, -0.2) is 16.8 Å². The van der Waals surface area contributed by atoms with E-state index in [4.69, 9.17) is 0 Å². The molecule has 0 aromatic heterocycles. The van der Waals surface area contributed by atoms with Crippen molar-refractivity contribution in [1.82, 2.24) is 5.32 Å². The third kappa shape index (κ3) is 3.07. The molecule has 21 heavy (non-hydrogen) atoms. The van der Waals surface area contributed by atoms with Crippen molar-refractivity contribution in [3.63, 3.8) is 0 Å². The van der Waals surface area contributed by atoms with Gasteiger partial charge in [-0.05, 0) is 36.6 Å². The van der Waals surface area contributed by atoms with E-state index in [9.17, 15) is 16.8 Å². The lowest BCUT2D eigenvalue weighted by atomic mass is 9.99. The zero-order valence-electron chi connectivity index (χ0n) is 11.5. The molecule has 2 heterocycles. The lowest BCUT2D eigenvalue weighted by Gasteiger charge is -2.22. The number of rotatable bonds is 3. The quantitative estimate of drug-likeness (QED) is 0.829. The van der Waals surface area contributed by atoms with Gasteiger partial charge < -0.3 is 5.32 Å². The highest BCUT2D eigenvalue weighted by molar-refractivity contribution is 7.97. The summed E-state index contributed by atoms with van der Waals surface area (Å²) in [6, 6.07) is 5.53. The van der Waals surface area contributed by atoms with E-state index in [2.05, 4.69) is 10.0 Å². The summed E-state index contributed by atoms with van der Waals surface area (Å²) in [5, 5.41) is 2.39. The molecule has 2 aliphatic heterocycles. The highest BCUT2D eigenvalue weighted by Crippen LogP contribution is 2.27. The Bertz CT molecular complexity index is 756. The fourth-order valence-corrected chi connectivity index (χ4v) is 6.99. The SMILES string of the molecule is O=S1(=O)CCC(S(=O)(=O)Nc2cccc3c2CCNC3)C1. The smallest absolute Gasteiger partial charge is 0.236 e. The first-order valence-corrected chi connectivity index (χ1v) is 10.3. The van der Waals surface area contributed by atoms with Gasteiger partial charge in [0.2, 0.25) is 10.0 Å². The zero-order chi connectivity index (χ0) is 15.1. The minimum absolute atomic E-state index is 0.0462. The Morgan fingerprint density at radius 2 is 2.10 bits per heavy atom. The maximum absolute atomic E-state index is 12.4. The molecule has 1 aromatic rings. The van der Waals surface area contributed by atoms with E-state index in [0.717, 1.165) is 30.6 Å². The Kier molecular flexibility index (Phi) is 3.71. The van der Waals surface area contributed by atoms with Crippen molar-refractivity contribution in [1.29, 1.82) is 0 Å². The Hall–Kier alpha value is -1.12. The molecule has 1 fully saturated rings. The van der Waals surface area contributed by atoms with Crippen molar-refractivity contribution < 1.29 is 16.8 Å². The summed E-state index contributed by atoms with van der Waals surface area (Å²) in [4.78, 5) is 0. The van der Waals surface area contributed by atoms with Gasteiger partial charge in [0, 0.05) is 6.54 Å². The molecule has 1 atom stereocenters. The van der Waals surface area contributed by atoms with Crippen molar-refractivity contribution in [3.8, 4) is 0 Å². The molecule has 1 aromatic carbocycles. The fraction of sp³-hybridized carbons (Fsp3) is 0.538. The van der Waals surface area contributed by atoms with Crippen molar-refractivity contribution in [2.24, 2.45) is 0 Å². The largest absolute Gasteiger partial charge is 0.312 e. The number of nitrogens with one attached hydrogen (secondary N) is 2. The Morgan fingerprint density at radius 1 is 1.29 bits per heavy atom. The van der Waals surface area contributed by atoms with Gasteiger partial charge in [0.15, 0.2) is 9.84 Å². The highest BCUT2D eigenvalue weighted by atomic mass is 32.2. The van der Waals surface area contributed by atoms with Crippen LogP contribution in [0, 0.1) is 0 Å². The third-order valence-corrected chi connectivity index (χ3v) is 7.79. The van der Waals surface area contributed by atoms with E-state index < -0.39 is 25.1 Å². The summed E-state index contributed by atoms with van der Waals surface area (Å²) in [6.45, 7) is 1.53. The molecule has 116 valence electrons. The molecule has 2 N–H and O–H groups in total. The Labute approximate surface area is 124 Å². The molecule has 0 aliphatic carbocycles. The number of sulfonamides is 1. The molecule has 2 aliphatic rings. The van der Waals surface area contributed by atoms with Gasteiger partial charge in [-0.1, -0.05) is 12.1 Å². The number of hydrogen-bond donors (Lipinski definition) is 2. The van der Waals surface area contributed by atoms with Gasteiger partial charge in [0.25, 0.3) is 0 Å². The van der Waals surface area contributed by atoms with Crippen LogP contribution in [-0.2, 0) is 32.8 Å². The van der Waals surface area contributed by atoms with Crippen LogP contribution in [0.3, 0.4) is 0 Å². The van der Waals surface area contributed by atoms with Crippen molar-refractivity contribution in [2.45, 2.75) is 24.6 Å². The van der Waals surface area contributed by atoms with Crippen LogP contribution in [0.5, 0.6) is 0 Å². The molecule has 0 spiro atoms. The molecule has 8 heteroatoms. The van der Waals surface area contributed by atoms with Gasteiger partial charge in [-0.3, -0.25) is 4.72 Å². The summed E-state index contributed by atoms with van der Waals surface area (Å²) >= 11 is 0. The van der Waals surface area contributed by atoms with E-state index in [1.807, 2.05) is 12.1 Å². The lowest BCUT2D eigenvalue weighted by molar-refractivity contribution is 0.587. The molecule has 0 amide bonds. The fourth-order valence-electron chi connectivity index (χ4n) is 2.87. The average molecular weight is 330 g/mol. The van der Waals surface area contributed by atoms with Crippen LogP contribution in [0.4, 0.5) is 5.69 Å². The van der Waals surface area contributed by atoms with Gasteiger partial charge in [-0.15, -0.1) is 0 Å². The number of fused-ring (bicyclic) bond motifs is 1. The molecule has 0 radical (unpaired) electrons. The molecule has 3 rings (SSSR count). The van der Waals surface area contributed by atoms with Crippen LogP contribution in [0.15, 0.2) is 18.2 Å². The number of benzene rings is 1. The molecule has 0 saturated carbocycles. The minimum atomic E-state index is -3.67. The van der Waals surface area contributed by atoms with E-state index in [-0.39, 0.29) is 17.9 Å². The first-order valence-electron chi connectivity index (χ1n) is 6.91. The summed E-state index contributed by atoms with van der Waals surface area (Å²) in [5.41, 5.74) is 2.67. The molecule has 0 bridgehead atoms. The second-order valence-electron chi connectivity index (χ2n) is 5.54. The van der Waals surface area contributed by atoms with E-state index in [1.165, 1.54) is 0 Å². The maximum Gasteiger partial charge on any atom is 0.236 e. The third-order valence-electron chi connectivity index (χ3n) is 4.02. The predicted molar refractivity (Wildman–Crippen MR) is 81.5 cm³/mol. The molecule has 6 nitrogen and oxygen atoms in total. The summed E-state index contributed by atoms with van der Waals surface area (Å²) in [5.74, 6) is -0.325. The second-order valence-corrected chi connectivity index (χ2v) is 9.73. The topological polar surface area (TPSA) is 92.3 Å². The first-order chi connectivity index (χ1) is 9.87. The van der Waals surface area contributed by atoms with Gasteiger partial charge >= 0.3 is 0 Å². The number of hydrogen-bond acceptors (Lipinski definition) is 5.